The standard InChI is InChI=1S/C20H24N2O3S/c1-21(2)18-12-13-22(14-18)20(23)17-6-4-15(5-7-17)16-8-10-19(11-9-16)26(3,24)25/h4-11,18H,12-14H2,1-3H3. The Labute approximate surface area is 155 Å². The minimum Gasteiger partial charge on any atom is -0.337 e. The minimum absolute atomic E-state index is 0.0633. The first kappa shape index (κ1) is 18.6. The fourth-order valence-electron chi connectivity index (χ4n) is 3.23. The molecule has 2 aromatic rings. The highest BCUT2D eigenvalue weighted by Crippen LogP contribution is 2.23. The molecule has 138 valence electrons. The van der Waals surface area contributed by atoms with Crippen LogP contribution in [0.15, 0.2) is 53.4 Å². The molecule has 1 aliphatic heterocycles. The summed E-state index contributed by atoms with van der Waals surface area (Å²) in [7, 11) is 0.895. The summed E-state index contributed by atoms with van der Waals surface area (Å²) >= 11 is 0. The third kappa shape index (κ3) is 3.97. The summed E-state index contributed by atoms with van der Waals surface area (Å²) in [6.07, 6.45) is 2.20. The van der Waals surface area contributed by atoms with Crippen LogP contribution in [-0.2, 0) is 9.84 Å². The Balaban J connectivity index is 1.73. The molecule has 0 N–H and O–H groups in total. The van der Waals surface area contributed by atoms with Gasteiger partial charge >= 0.3 is 0 Å². The van der Waals surface area contributed by atoms with E-state index in [-0.39, 0.29) is 5.91 Å². The molecule has 0 spiro atoms. The van der Waals surface area contributed by atoms with Gasteiger partial charge in [0.25, 0.3) is 5.91 Å². The molecule has 1 amide bonds. The quantitative estimate of drug-likeness (QED) is 0.828. The van der Waals surface area contributed by atoms with E-state index in [4.69, 9.17) is 0 Å². The van der Waals surface area contributed by atoms with E-state index in [1.54, 1.807) is 24.3 Å². The van der Waals surface area contributed by atoms with E-state index >= 15 is 0 Å². The average molecular weight is 372 g/mol. The molecule has 0 aromatic heterocycles. The van der Waals surface area contributed by atoms with Crippen LogP contribution >= 0.6 is 0 Å². The molecule has 26 heavy (non-hydrogen) atoms. The van der Waals surface area contributed by atoms with Crippen molar-refractivity contribution in [2.75, 3.05) is 33.4 Å². The predicted molar refractivity (Wildman–Crippen MR) is 103 cm³/mol. The Morgan fingerprint density at radius 3 is 2.00 bits per heavy atom. The maximum Gasteiger partial charge on any atom is 0.253 e. The van der Waals surface area contributed by atoms with E-state index in [1.165, 1.54) is 6.26 Å². The van der Waals surface area contributed by atoms with Crippen molar-refractivity contribution in [2.45, 2.75) is 17.4 Å². The van der Waals surface area contributed by atoms with Gasteiger partial charge in [0.2, 0.25) is 0 Å². The van der Waals surface area contributed by atoms with Crippen molar-refractivity contribution in [3.05, 3.63) is 54.1 Å². The van der Waals surface area contributed by atoms with E-state index in [9.17, 15) is 13.2 Å². The van der Waals surface area contributed by atoms with Crippen LogP contribution < -0.4 is 0 Å². The summed E-state index contributed by atoms with van der Waals surface area (Å²) in [4.78, 5) is 17.0. The molecule has 3 rings (SSSR count). The summed E-state index contributed by atoms with van der Waals surface area (Å²) in [6.45, 7) is 1.55. The summed E-state index contributed by atoms with van der Waals surface area (Å²) in [5, 5.41) is 0. The van der Waals surface area contributed by atoms with Crippen molar-refractivity contribution in [1.29, 1.82) is 0 Å². The molecule has 1 unspecified atom stereocenters. The van der Waals surface area contributed by atoms with Crippen LogP contribution in [0.3, 0.4) is 0 Å². The van der Waals surface area contributed by atoms with Crippen molar-refractivity contribution in [3.8, 4) is 11.1 Å². The number of amides is 1. The lowest BCUT2D eigenvalue weighted by Gasteiger charge is -2.20. The van der Waals surface area contributed by atoms with Gasteiger partial charge < -0.3 is 9.80 Å². The van der Waals surface area contributed by atoms with Crippen molar-refractivity contribution in [1.82, 2.24) is 9.80 Å². The Morgan fingerprint density at radius 2 is 1.54 bits per heavy atom. The summed E-state index contributed by atoms with van der Waals surface area (Å²) in [6, 6.07) is 14.7. The highest BCUT2D eigenvalue weighted by molar-refractivity contribution is 7.90. The van der Waals surface area contributed by atoms with Gasteiger partial charge in [0.1, 0.15) is 0 Å². The number of nitrogens with zero attached hydrogens (tertiary/aromatic N) is 2. The molecule has 0 saturated carbocycles. The molecule has 1 fully saturated rings. The van der Waals surface area contributed by atoms with Gasteiger partial charge in [-0.1, -0.05) is 24.3 Å². The van der Waals surface area contributed by atoms with Crippen LogP contribution in [0.2, 0.25) is 0 Å². The van der Waals surface area contributed by atoms with E-state index < -0.39 is 9.84 Å². The Hall–Kier alpha value is -2.18. The van der Waals surface area contributed by atoms with Crippen molar-refractivity contribution in [2.24, 2.45) is 0 Å². The second kappa shape index (κ2) is 7.21. The number of benzene rings is 2. The van der Waals surface area contributed by atoms with Gasteiger partial charge in [-0.3, -0.25) is 4.79 Å². The van der Waals surface area contributed by atoms with Crippen molar-refractivity contribution < 1.29 is 13.2 Å². The fraction of sp³-hybridized carbons (Fsp3) is 0.350. The highest BCUT2D eigenvalue weighted by atomic mass is 32.2. The SMILES string of the molecule is CN(C)C1CCN(C(=O)c2ccc(-c3ccc(S(C)(=O)=O)cc3)cc2)C1. The number of hydrogen-bond acceptors (Lipinski definition) is 4. The molecule has 6 heteroatoms. The van der Waals surface area contributed by atoms with E-state index in [0.29, 0.717) is 16.5 Å². The second-order valence-corrected chi connectivity index (χ2v) is 9.05. The summed E-state index contributed by atoms with van der Waals surface area (Å²) in [5.74, 6) is 0.0633. The van der Waals surface area contributed by atoms with Gasteiger partial charge in [0, 0.05) is 31.0 Å². The first-order chi connectivity index (χ1) is 12.3. The molecule has 0 bridgehead atoms. The maximum absolute atomic E-state index is 12.7. The molecule has 1 saturated heterocycles. The maximum atomic E-state index is 12.7. The lowest BCUT2D eigenvalue weighted by molar-refractivity contribution is 0.0783. The summed E-state index contributed by atoms with van der Waals surface area (Å²) < 4.78 is 23.1. The monoisotopic (exact) mass is 372 g/mol. The van der Waals surface area contributed by atoms with Crippen LogP contribution in [0.1, 0.15) is 16.8 Å². The smallest absolute Gasteiger partial charge is 0.253 e. The van der Waals surface area contributed by atoms with Crippen LogP contribution in [0.25, 0.3) is 11.1 Å². The molecular weight excluding hydrogens is 348 g/mol. The Bertz CT molecular complexity index is 888. The largest absolute Gasteiger partial charge is 0.337 e. The van der Waals surface area contributed by atoms with Gasteiger partial charge in [0.15, 0.2) is 9.84 Å². The third-order valence-electron chi connectivity index (χ3n) is 4.93. The zero-order valence-electron chi connectivity index (χ0n) is 15.3. The first-order valence-electron chi connectivity index (χ1n) is 8.62. The van der Waals surface area contributed by atoms with Gasteiger partial charge in [-0.25, -0.2) is 8.42 Å². The number of hydrogen-bond donors (Lipinski definition) is 0. The molecule has 5 nitrogen and oxygen atoms in total. The lowest BCUT2D eigenvalue weighted by atomic mass is 10.0. The van der Waals surface area contributed by atoms with Gasteiger partial charge in [-0.05, 0) is 55.9 Å². The number of carbonyl (C=O) groups is 1. The molecule has 2 aromatic carbocycles. The number of sulfone groups is 1. The third-order valence-corrected chi connectivity index (χ3v) is 6.06. The molecule has 1 atom stereocenters. The second-order valence-electron chi connectivity index (χ2n) is 7.03. The lowest BCUT2D eigenvalue weighted by Crippen LogP contribution is -2.34. The average Bonchev–Trinajstić information content (AvgIpc) is 3.11. The number of rotatable bonds is 4. The van der Waals surface area contributed by atoms with Crippen LogP contribution in [0, 0.1) is 0 Å². The van der Waals surface area contributed by atoms with Gasteiger partial charge in [0.05, 0.1) is 4.90 Å². The van der Waals surface area contributed by atoms with E-state index in [0.717, 1.165) is 30.6 Å². The zero-order chi connectivity index (χ0) is 18.9. The normalized spacial score (nSPS) is 17.7. The number of likely N-dealkylation sites (tertiary alicyclic amines) is 1. The molecule has 0 radical (unpaired) electrons. The Morgan fingerprint density at radius 1 is 1.00 bits per heavy atom. The first-order valence-corrected chi connectivity index (χ1v) is 10.5. The van der Waals surface area contributed by atoms with E-state index in [2.05, 4.69) is 4.90 Å². The topological polar surface area (TPSA) is 57.7 Å². The van der Waals surface area contributed by atoms with Gasteiger partial charge in [-0.2, -0.15) is 0 Å². The number of likely N-dealkylation sites (N-methyl/N-ethyl adjacent to an activating group) is 1. The van der Waals surface area contributed by atoms with Crippen LogP contribution in [0.5, 0.6) is 0 Å². The van der Waals surface area contributed by atoms with Gasteiger partial charge in [-0.15, -0.1) is 0 Å². The van der Waals surface area contributed by atoms with Crippen molar-refractivity contribution >= 4 is 15.7 Å². The fourth-order valence-corrected chi connectivity index (χ4v) is 3.86. The zero-order valence-corrected chi connectivity index (χ0v) is 16.2. The van der Waals surface area contributed by atoms with Crippen LogP contribution in [-0.4, -0.2) is 63.6 Å². The summed E-state index contributed by atoms with van der Waals surface area (Å²) in [5.41, 5.74) is 2.56. The molecule has 0 aliphatic carbocycles. The van der Waals surface area contributed by atoms with Crippen LogP contribution in [0.4, 0.5) is 0 Å². The van der Waals surface area contributed by atoms with Crippen molar-refractivity contribution in [3.63, 3.8) is 0 Å². The molecule has 1 aliphatic rings. The predicted octanol–water partition coefficient (Wildman–Crippen LogP) is 2.53. The molecule has 1 heterocycles. The molecular formula is C20H24N2O3S. The minimum atomic E-state index is -3.19. The Kier molecular flexibility index (Phi) is 5.16. The highest BCUT2D eigenvalue weighted by Gasteiger charge is 2.27. The van der Waals surface area contributed by atoms with E-state index in [1.807, 2.05) is 43.3 Å². The number of carbonyl (C=O) groups excluding carboxylic acids is 1.